The lowest BCUT2D eigenvalue weighted by Crippen LogP contribution is -2.41. The van der Waals surface area contributed by atoms with Crippen molar-refractivity contribution in [2.45, 2.75) is 46.6 Å². The third-order valence-corrected chi connectivity index (χ3v) is 4.89. The Morgan fingerprint density at radius 3 is 2.72 bits per heavy atom. The molecule has 0 saturated carbocycles. The molecule has 6 heteroatoms. The van der Waals surface area contributed by atoms with Gasteiger partial charge in [-0.25, -0.2) is 4.99 Å². The Morgan fingerprint density at radius 1 is 1.40 bits per heavy atom. The van der Waals surface area contributed by atoms with Crippen molar-refractivity contribution in [3.63, 3.8) is 0 Å². The molecular formula is C19H34N4O2. The fourth-order valence-electron chi connectivity index (χ4n) is 3.43. The zero-order valence-electron chi connectivity index (χ0n) is 16.4. The molecule has 25 heavy (non-hydrogen) atoms. The number of rotatable bonds is 7. The van der Waals surface area contributed by atoms with Crippen LogP contribution in [0.15, 0.2) is 15.5 Å². The maximum absolute atomic E-state index is 10.8. The topological polar surface area (TPSA) is 73.0 Å². The first kappa shape index (κ1) is 19.8. The third kappa shape index (κ3) is 5.47. The minimum absolute atomic E-state index is 0.286. The van der Waals surface area contributed by atoms with Crippen molar-refractivity contribution in [3.8, 4) is 0 Å². The summed E-state index contributed by atoms with van der Waals surface area (Å²) < 4.78 is 5.55. The Kier molecular flexibility index (Phi) is 6.90. The van der Waals surface area contributed by atoms with Gasteiger partial charge in [0.25, 0.3) is 0 Å². The van der Waals surface area contributed by atoms with E-state index in [0.717, 1.165) is 49.2 Å². The summed E-state index contributed by atoms with van der Waals surface area (Å²) in [5, 5.41) is 17.5. The Hall–Kier alpha value is -1.53. The molecule has 1 aromatic heterocycles. The van der Waals surface area contributed by atoms with E-state index in [1.807, 2.05) is 26.8 Å². The zero-order chi connectivity index (χ0) is 18.4. The Labute approximate surface area is 151 Å². The van der Waals surface area contributed by atoms with Crippen LogP contribution in [0, 0.1) is 19.8 Å². The van der Waals surface area contributed by atoms with Gasteiger partial charge in [-0.15, -0.1) is 0 Å². The summed E-state index contributed by atoms with van der Waals surface area (Å²) in [5.74, 6) is 2.98. The SMILES string of the molecule is CCNC(=NCC(C)(O)c1cc(C)oc1C)NCC1CCN(CC)C1. The quantitative estimate of drug-likeness (QED) is 0.518. The van der Waals surface area contributed by atoms with Gasteiger partial charge in [-0.3, -0.25) is 0 Å². The van der Waals surface area contributed by atoms with Gasteiger partial charge in [0.2, 0.25) is 0 Å². The lowest BCUT2D eigenvalue weighted by atomic mass is 9.96. The molecule has 1 saturated heterocycles. The predicted octanol–water partition coefficient (Wildman–Crippen LogP) is 2.00. The maximum atomic E-state index is 10.8. The fraction of sp³-hybridized carbons (Fsp3) is 0.737. The van der Waals surface area contributed by atoms with Gasteiger partial charge in [0, 0.05) is 25.2 Å². The summed E-state index contributed by atoms with van der Waals surface area (Å²) in [6.45, 7) is 15.3. The molecular weight excluding hydrogens is 316 g/mol. The number of aryl methyl sites for hydroxylation is 2. The molecule has 3 N–H and O–H groups in total. The van der Waals surface area contributed by atoms with Crippen molar-refractivity contribution in [1.29, 1.82) is 0 Å². The van der Waals surface area contributed by atoms with E-state index < -0.39 is 5.60 Å². The molecule has 1 aliphatic heterocycles. The first-order valence-corrected chi connectivity index (χ1v) is 9.40. The summed E-state index contributed by atoms with van der Waals surface area (Å²) in [5.41, 5.74) is -0.240. The van der Waals surface area contributed by atoms with Gasteiger partial charge in [0.15, 0.2) is 5.96 Å². The molecule has 0 aromatic carbocycles. The van der Waals surface area contributed by atoms with Crippen LogP contribution >= 0.6 is 0 Å². The maximum Gasteiger partial charge on any atom is 0.191 e. The molecule has 0 radical (unpaired) electrons. The number of nitrogens with one attached hydrogen (secondary N) is 2. The van der Waals surface area contributed by atoms with Crippen LogP contribution < -0.4 is 10.6 Å². The lowest BCUT2D eigenvalue weighted by molar-refractivity contribution is 0.0657. The highest BCUT2D eigenvalue weighted by Crippen LogP contribution is 2.27. The number of hydrogen-bond donors (Lipinski definition) is 3. The first-order chi connectivity index (χ1) is 11.9. The Balaban J connectivity index is 1.95. The molecule has 1 aromatic rings. The molecule has 1 aliphatic rings. The van der Waals surface area contributed by atoms with Crippen LogP contribution in [0.3, 0.4) is 0 Å². The van der Waals surface area contributed by atoms with E-state index in [0.29, 0.717) is 5.92 Å². The molecule has 142 valence electrons. The minimum atomic E-state index is -1.05. The lowest BCUT2D eigenvalue weighted by Gasteiger charge is -2.22. The molecule has 2 rings (SSSR count). The normalized spacial score (nSPS) is 21.4. The zero-order valence-corrected chi connectivity index (χ0v) is 16.4. The molecule has 2 atom stereocenters. The average Bonchev–Trinajstić information content (AvgIpc) is 3.16. The highest BCUT2D eigenvalue weighted by molar-refractivity contribution is 5.79. The number of nitrogens with zero attached hydrogens (tertiary/aromatic N) is 2. The smallest absolute Gasteiger partial charge is 0.191 e. The van der Waals surface area contributed by atoms with Crippen molar-refractivity contribution >= 4 is 5.96 Å². The van der Waals surface area contributed by atoms with Crippen LogP contribution in [0.4, 0.5) is 0 Å². The third-order valence-electron chi connectivity index (χ3n) is 4.89. The van der Waals surface area contributed by atoms with Crippen LogP contribution in [0.2, 0.25) is 0 Å². The molecule has 2 unspecified atom stereocenters. The monoisotopic (exact) mass is 350 g/mol. The second-order valence-corrected chi connectivity index (χ2v) is 7.22. The van der Waals surface area contributed by atoms with Gasteiger partial charge in [-0.1, -0.05) is 6.92 Å². The van der Waals surface area contributed by atoms with Gasteiger partial charge in [0.1, 0.15) is 17.1 Å². The van der Waals surface area contributed by atoms with E-state index in [4.69, 9.17) is 4.42 Å². The number of guanidine groups is 1. The van der Waals surface area contributed by atoms with Crippen LogP contribution in [0.25, 0.3) is 0 Å². The van der Waals surface area contributed by atoms with E-state index in [9.17, 15) is 5.11 Å². The Bertz CT molecular complexity index is 580. The second kappa shape index (κ2) is 8.72. The summed E-state index contributed by atoms with van der Waals surface area (Å²) in [7, 11) is 0. The molecule has 0 amide bonds. The summed E-state index contributed by atoms with van der Waals surface area (Å²) in [4.78, 5) is 7.08. The van der Waals surface area contributed by atoms with Crippen molar-refractivity contribution in [3.05, 3.63) is 23.2 Å². The van der Waals surface area contributed by atoms with Crippen LogP contribution in [-0.4, -0.2) is 55.2 Å². The number of hydrogen-bond acceptors (Lipinski definition) is 4. The number of aliphatic imine (C=N–C) groups is 1. The first-order valence-electron chi connectivity index (χ1n) is 9.40. The Morgan fingerprint density at radius 2 is 2.16 bits per heavy atom. The summed E-state index contributed by atoms with van der Waals surface area (Å²) >= 11 is 0. The number of aliphatic hydroxyl groups is 1. The van der Waals surface area contributed by atoms with Crippen molar-refractivity contribution in [1.82, 2.24) is 15.5 Å². The predicted molar refractivity (Wildman–Crippen MR) is 102 cm³/mol. The summed E-state index contributed by atoms with van der Waals surface area (Å²) in [6, 6.07) is 1.89. The molecule has 6 nitrogen and oxygen atoms in total. The van der Waals surface area contributed by atoms with Gasteiger partial charge in [0.05, 0.1) is 6.54 Å². The highest BCUT2D eigenvalue weighted by Gasteiger charge is 2.28. The van der Waals surface area contributed by atoms with Gasteiger partial charge >= 0.3 is 0 Å². The van der Waals surface area contributed by atoms with Crippen LogP contribution in [0.5, 0.6) is 0 Å². The van der Waals surface area contributed by atoms with E-state index in [2.05, 4.69) is 27.4 Å². The van der Waals surface area contributed by atoms with E-state index in [1.165, 1.54) is 13.0 Å². The number of furan rings is 1. The van der Waals surface area contributed by atoms with E-state index in [1.54, 1.807) is 6.92 Å². The van der Waals surface area contributed by atoms with Crippen molar-refractivity contribution < 1.29 is 9.52 Å². The molecule has 1 fully saturated rings. The van der Waals surface area contributed by atoms with Crippen LogP contribution in [-0.2, 0) is 5.60 Å². The fourth-order valence-corrected chi connectivity index (χ4v) is 3.43. The number of likely N-dealkylation sites (tertiary alicyclic amines) is 1. The minimum Gasteiger partial charge on any atom is -0.466 e. The second-order valence-electron chi connectivity index (χ2n) is 7.22. The van der Waals surface area contributed by atoms with Crippen LogP contribution in [0.1, 0.15) is 44.3 Å². The van der Waals surface area contributed by atoms with Gasteiger partial charge in [-0.2, -0.15) is 0 Å². The molecule has 0 spiro atoms. The van der Waals surface area contributed by atoms with Crippen molar-refractivity contribution in [2.24, 2.45) is 10.9 Å². The molecule has 2 heterocycles. The van der Waals surface area contributed by atoms with Crippen molar-refractivity contribution in [2.75, 3.05) is 39.3 Å². The largest absolute Gasteiger partial charge is 0.466 e. The van der Waals surface area contributed by atoms with E-state index in [-0.39, 0.29) is 6.54 Å². The standard InChI is InChI=1S/C19H34N4O2/c1-6-20-18(21-11-16-8-9-23(7-2)12-16)22-13-19(5,24)17-10-14(3)25-15(17)4/h10,16,24H,6-9,11-13H2,1-5H3,(H2,20,21,22). The molecule has 0 aliphatic carbocycles. The van der Waals surface area contributed by atoms with E-state index >= 15 is 0 Å². The summed E-state index contributed by atoms with van der Waals surface area (Å²) in [6.07, 6.45) is 1.23. The highest BCUT2D eigenvalue weighted by atomic mass is 16.3. The molecule has 0 bridgehead atoms. The average molecular weight is 351 g/mol. The van der Waals surface area contributed by atoms with Gasteiger partial charge < -0.3 is 25.1 Å². The van der Waals surface area contributed by atoms with Gasteiger partial charge in [-0.05, 0) is 59.2 Å².